The number of hydrogen-bond acceptors (Lipinski definition) is 5. The largest absolute Gasteiger partial charge is 0.496 e. The predicted octanol–water partition coefficient (Wildman–Crippen LogP) is 4.96. The molecule has 0 atom stereocenters. The highest BCUT2D eigenvalue weighted by Crippen LogP contribution is 2.22. The number of fused-ring (bicyclic) bond motifs is 1. The highest BCUT2D eigenvalue weighted by molar-refractivity contribution is 6.30. The molecule has 1 N–H and O–H groups in total. The molecule has 0 fully saturated rings. The maximum Gasteiger partial charge on any atom is 0.261 e. The number of aromatic amines is 1. The summed E-state index contributed by atoms with van der Waals surface area (Å²) < 4.78 is 16.4. The molecule has 4 aromatic rings. The minimum Gasteiger partial charge on any atom is -0.496 e. The first-order valence-corrected chi connectivity index (χ1v) is 13.5. The summed E-state index contributed by atoms with van der Waals surface area (Å²) >= 11 is 5.94. The van der Waals surface area contributed by atoms with Crippen molar-refractivity contribution < 1.29 is 23.8 Å². The van der Waals surface area contributed by atoms with Gasteiger partial charge in [0.2, 0.25) is 5.91 Å². The van der Waals surface area contributed by atoms with Crippen molar-refractivity contribution in [3.05, 3.63) is 95.1 Å². The van der Waals surface area contributed by atoms with Crippen LogP contribution in [0.15, 0.2) is 79.0 Å². The Bertz CT molecular complexity index is 1410. The molecule has 0 radical (unpaired) electrons. The molecule has 0 aliphatic carbocycles. The highest BCUT2D eigenvalue weighted by Gasteiger charge is 2.23. The van der Waals surface area contributed by atoms with Crippen molar-refractivity contribution in [1.82, 2.24) is 14.8 Å². The van der Waals surface area contributed by atoms with Crippen molar-refractivity contribution in [3.8, 4) is 11.5 Å². The maximum absolute atomic E-state index is 13.7. The first-order valence-electron chi connectivity index (χ1n) is 13.1. The number of H-pyrrole nitrogens is 1. The zero-order chi connectivity index (χ0) is 28.3. The molecule has 40 heavy (non-hydrogen) atoms. The minimum absolute atomic E-state index is 0.102. The van der Waals surface area contributed by atoms with Crippen LogP contribution >= 0.6 is 11.6 Å². The van der Waals surface area contributed by atoms with Crippen LogP contribution in [0.5, 0.6) is 11.5 Å². The lowest BCUT2D eigenvalue weighted by Gasteiger charge is -2.28. The van der Waals surface area contributed by atoms with Gasteiger partial charge in [0.05, 0.1) is 20.3 Å². The summed E-state index contributed by atoms with van der Waals surface area (Å²) in [6, 6.07) is 22.5. The van der Waals surface area contributed by atoms with Crippen LogP contribution in [0.4, 0.5) is 0 Å². The lowest BCUT2D eigenvalue weighted by Crippen LogP contribution is -2.46. The van der Waals surface area contributed by atoms with Crippen molar-refractivity contribution in [2.75, 3.05) is 47.1 Å². The predicted molar refractivity (Wildman–Crippen MR) is 156 cm³/mol. The van der Waals surface area contributed by atoms with E-state index < -0.39 is 0 Å². The molecule has 0 spiro atoms. The fourth-order valence-electron chi connectivity index (χ4n) is 4.45. The summed E-state index contributed by atoms with van der Waals surface area (Å²) in [6.45, 7) is 1.05. The topological polar surface area (TPSA) is 84.1 Å². The Labute approximate surface area is 239 Å². The van der Waals surface area contributed by atoms with Gasteiger partial charge in [-0.05, 0) is 48.4 Å². The third kappa shape index (κ3) is 7.77. The van der Waals surface area contributed by atoms with E-state index in [0.29, 0.717) is 42.6 Å². The first-order chi connectivity index (χ1) is 19.5. The number of carbonyl (C=O) groups is 2. The van der Waals surface area contributed by atoms with E-state index in [-0.39, 0.29) is 31.5 Å². The molecule has 210 valence electrons. The number of ether oxygens (including phenoxy) is 3. The molecule has 8 nitrogen and oxygen atoms in total. The van der Waals surface area contributed by atoms with E-state index in [4.69, 9.17) is 25.8 Å². The standard InChI is InChI=1S/C31H34ClN3O5/c1-38-18-17-35(31(37)22-40-26-13-11-25(32)12-14-26)21-30(36)34(20-24-7-3-6-10-29(24)39-2)16-15-23-19-33-28-9-5-4-8-27(23)28/h3-14,19,33H,15-18,20-22H2,1-2H3. The maximum atomic E-state index is 13.7. The summed E-state index contributed by atoms with van der Waals surface area (Å²) in [6.07, 6.45) is 2.63. The lowest BCUT2D eigenvalue weighted by atomic mass is 10.1. The molecule has 4 rings (SSSR count). The zero-order valence-corrected chi connectivity index (χ0v) is 23.5. The van der Waals surface area contributed by atoms with Crippen molar-refractivity contribution in [2.24, 2.45) is 0 Å². The summed E-state index contributed by atoms with van der Waals surface area (Å²) in [4.78, 5) is 33.4. The monoisotopic (exact) mass is 563 g/mol. The van der Waals surface area contributed by atoms with Gasteiger partial charge in [-0.3, -0.25) is 9.59 Å². The molecule has 1 heterocycles. The van der Waals surface area contributed by atoms with Gasteiger partial charge >= 0.3 is 0 Å². The molecule has 1 aromatic heterocycles. The quantitative estimate of drug-likeness (QED) is 0.234. The van der Waals surface area contributed by atoms with Crippen LogP contribution in [-0.4, -0.2) is 73.7 Å². The summed E-state index contributed by atoms with van der Waals surface area (Å²) in [5.41, 5.74) is 3.06. The smallest absolute Gasteiger partial charge is 0.261 e. The molecule has 0 saturated heterocycles. The summed E-state index contributed by atoms with van der Waals surface area (Å²) in [7, 11) is 3.17. The zero-order valence-electron chi connectivity index (χ0n) is 22.8. The van der Waals surface area contributed by atoms with Crippen LogP contribution in [0.25, 0.3) is 10.9 Å². The van der Waals surface area contributed by atoms with Gasteiger partial charge in [0.1, 0.15) is 11.5 Å². The summed E-state index contributed by atoms with van der Waals surface area (Å²) in [5, 5.41) is 1.71. The fourth-order valence-corrected chi connectivity index (χ4v) is 4.57. The molecule has 0 unspecified atom stereocenters. The van der Waals surface area contributed by atoms with E-state index in [1.807, 2.05) is 48.7 Å². The molecule has 9 heteroatoms. The number of nitrogens with one attached hydrogen (secondary N) is 1. The van der Waals surface area contributed by atoms with E-state index in [0.717, 1.165) is 22.0 Å². The second-order valence-corrected chi connectivity index (χ2v) is 9.72. The number of hydrogen-bond donors (Lipinski definition) is 1. The molecular weight excluding hydrogens is 530 g/mol. The van der Waals surface area contributed by atoms with Gasteiger partial charge in [-0.25, -0.2) is 0 Å². The number of benzene rings is 3. The molecule has 0 aliphatic heterocycles. The van der Waals surface area contributed by atoms with E-state index >= 15 is 0 Å². The third-order valence-corrected chi connectivity index (χ3v) is 6.90. The van der Waals surface area contributed by atoms with Gasteiger partial charge in [-0.2, -0.15) is 0 Å². The Kier molecular flexibility index (Phi) is 10.4. The highest BCUT2D eigenvalue weighted by atomic mass is 35.5. The van der Waals surface area contributed by atoms with Gasteiger partial charge < -0.3 is 29.0 Å². The normalized spacial score (nSPS) is 10.9. The SMILES string of the molecule is COCCN(CC(=O)N(CCc1c[nH]c2ccccc12)Cc1ccccc1OC)C(=O)COc1ccc(Cl)cc1. The van der Waals surface area contributed by atoms with Crippen molar-refractivity contribution >= 4 is 34.3 Å². The third-order valence-electron chi connectivity index (χ3n) is 6.65. The average Bonchev–Trinajstić information content (AvgIpc) is 3.40. The number of rotatable bonds is 14. The molecule has 2 amide bonds. The van der Waals surface area contributed by atoms with E-state index in [9.17, 15) is 9.59 Å². The Hall–Kier alpha value is -4.01. The minimum atomic E-state index is -0.311. The van der Waals surface area contributed by atoms with Crippen molar-refractivity contribution in [2.45, 2.75) is 13.0 Å². The molecule has 0 bridgehead atoms. The second-order valence-electron chi connectivity index (χ2n) is 9.29. The number of carbonyl (C=O) groups excluding carboxylic acids is 2. The van der Waals surface area contributed by atoms with Crippen LogP contribution in [0.2, 0.25) is 5.02 Å². The number of halogens is 1. The Balaban J connectivity index is 1.49. The van der Waals surface area contributed by atoms with E-state index in [2.05, 4.69) is 11.1 Å². The molecule has 3 aromatic carbocycles. The van der Waals surface area contributed by atoms with Crippen molar-refractivity contribution in [3.63, 3.8) is 0 Å². The van der Waals surface area contributed by atoms with Crippen LogP contribution in [0.1, 0.15) is 11.1 Å². The Morgan fingerprint density at radius 2 is 1.60 bits per heavy atom. The van der Waals surface area contributed by atoms with Gasteiger partial charge in [-0.1, -0.05) is 48.0 Å². The van der Waals surface area contributed by atoms with Crippen LogP contribution in [0.3, 0.4) is 0 Å². The number of aromatic nitrogens is 1. The fraction of sp³-hybridized carbons (Fsp3) is 0.290. The Morgan fingerprint density at radius 3 is 2.38 bits per heavy atom. The molecule has 0 saturated carbocycles. The number of amides is 2. The Morgan fingerprint density at radius 1 is 0.850 bits per heavy atom. The number of para-hydroxylation sites is 2. The number of methoxy groups -OCH3 is 2. The first kappa shape index (κ1) is 29.0. The lowest BCUT2D eigenvalue weighted by molar-refractivity contribution is -0.142. The van der Waals surface area contributed by atoms with Gasteiger partial charge in [0.25, 0.3) is 5.91 Å². The van der Waals surface area contributed by atoms with E-state index in [1.54, 1.807) is 43.4 Å². The molecule has 0 aliphatic rings. The second kappa shape index (κ2) is 14.4. The number of nitrogens with zero attached hydrogens (tertiary/aromatic N) is 2. The van der Waals surface area contributed by atoms with Gasteiger partial charge in [0, 0.05) is 54.4 Å². The van der Waals surface area contributed by atoms with Gasteiger partial charge in [0.15, 0.2) is 6.61 Å². The van der Waals surface area contributed by atoms with Crippen LogP contribution < -0.4 is 9.47 Å². The van der Waals surface area contributed by atoms with Crippen molar-refractivity contribution in [1.29, 1.82) is 0 Å². The van der Waals surface area contributed by atoms with Crippen LogP contribution in [-0.2, 0) is 27.3 Å². The average molecular weight is 564 g/mol. The van der Waals surface area contributed by atoms with Crippen LogP contribution in [0, 0.1) is 0 Å². The van der Waals surface area contributed by atoms with E-state index in [1.165, 1.54) is 4.90 Å². The summed E-state index contributed by atoms with van der Waals surface area (Å²) in [5.74, 6) is 0.735. The molecular formula is C31H34ClN3O5. The van der Waals surface area contributed by atoms with Gasteiger partial charge in [-0.15, -0.1) is 0 Å².